The van der Waals surface area contributed by atoms with E-state index >= 15 is 0 Å². The first-order valence-electron chi connectivity index (χ1n) is 7.18. The fraction of sp³-hybridized carbons (Fsp3) is 0.467. The lowest BCUT2D eigenvalue weighted by atomic mass is 9.91. The van der Waals surface area contributed by atoms with Gasteiger partial charge in [-0.2, -0.15) is 22.1 Å². The normalized spacial score (nSPS) is 27.7. The van der Waals surface area contributed by atoms with Crippen LogP contribution in [0.4, 0.5) is 0 Å². The second kappa shape index (κ2) is 4.85. The molecule has 2 unspecified atom stereocenters. The summed E-state index contributed by atoms with van der Waals surface area (Å²) in [6.07, 6.45) is 9.25. The van der Waals surface area contributed by atoms with Gasteiger partial charge in [0.2, 0.25) is 0 Å². The minimum Gasteiger partial charge on any atom is -0.294 e. The van der Waals surface area contributed by atoms with E-state index in [1.54, 1.807) is 12.4 Å². The van der Waals surface area contributed by atoms with Crippen molar-refractivity contribution in [1.29, 1.82) is 5.26 Å². The van der Waals surface area contributed by atoms with E-state index in [2.05, 4.69) is 21.8 Å². The fourth-order valence-corrected chi connectivity index (χ4v) is 5.16. The summed E-state index contributed by atoms with van der Waals surface area (Å²) in [5.74, 6) is 0.296. The first-order valence-corrected chi connectivity index (χ1v) is 8.12. The number of carbonyl (C=O) groups excluding carboxylic acids is 1. The molecule has 6 heteroatoms. The zero-order chi connectivity index (χ0) is 14.4. The lowest BCUT2D eigenvalue weighted by Crippen LogP contribution is -2.25. The maximum Gasteiger partial charge on any atom is 0.172 e. The Morgan fingerprint density at radius 3 is 2.81 bits per heavy atom. The maximum absolute atomic E-state index is 12.7. The van der Waals surface area contributed by atoms with Crippen LogP contribution in [0.25, 0.3) is 5.65 Å². The van der Waals surface area contributed by atoms with E-state index in [1.807, 2.05) is 6.07 Å². The molecule has 0 saturated carbocycles. The van der Waals surface area contributed by atoms with Crippen LogP contribution in [-0.4, -0.2) is 30.9 Å². The third-order valence-electron chi connectivity index (χ3n) is 4.42. The molecule has 2 saturated heterocycles. The highest BCUT2D eigenvalue weighted by Gasteiger charge is 2.38. The molecule has 0 aliphatic carbocycles. The molecular formula is C15H14N4OS. The predicted molar refractivity (Wildman–Crippen MR) is 79.2 cm³/mol. The highest BCUT2D eigenvalue weighted by molar-refractivity contribution is 8.00. The second-order valence-corrected chi connectivity index (χ2v) is 7.38. The Balaban J connectivity index is 1.64. The van der Waals surface area contributed by atoms with Crippen molar-refractivity contribution < 1.29 is 4.79 Å². The molecule has 2 aliphatic heterocycles. The Morgan fingerprint density at radius 1 is 1.33 bits per heavy atom. The zero-order valence-corrected chi connectivity index (χ0v) is 12.2. The Bertz CT molecular complexity index is 751. The van der Waals surface area contributed by atoms with E-state index in [-0.39, 0.29) is 11.7 Å². The topological polar surface area (TPSA) is 71.1 Å². The highest BCUT2D eigenvalue weighted by Crippen LogP contribution is 2.46. The van der Waals surface area contributed by atoms with Gasteiger partial charge in [0.05, 0.1) is 11.8 Å². The monoisotopic (exact) mass is 298 g/mol. The van der Waals surface area contributed by atoms with Crippen molar-refractivity contribution in [3.63, 3.8) is 0 Å². The zero-order valence-electron chi connectivity index (χ0n) is 11.4. The Labute approximate surface area is 126 Å². The minimum absolute atomic E-state index is 0.119. The average Bonchev–Trinajstić information content (AvgIpc) is 3.08. The van der Waals surface area contributed by atoms with Gasteiger partial charge in [0, 0.05) is 28.8 Å². The Kier molecular flexibility index (Phi) is 2.96. The summed E-state index contributed by atoms with van der Waals surface area (Å²) in [6.45, 7) is 0. The van der Waals surface area contributed by atoms with E-state index in [0.29, 0.717) is 27.3 Å². The summed E-state index contributed by atoms with van der Waals surface area (Å²) in [7, 11) is 0. The molecule has 0 radical (unpaired) electrons. The largest absolute Gasteiger partial charge is 0.294 e. The lowest BCUT2D eigenvalue weighted by Gasteiger charge is -2.26. The molecule has 0 amide bonds. The van der Waals surface area contributed by atoms with Crippen LogP contribution >= 0.6 is 11.8 Å². The van der Waals surface area contributed by atoms with Crippen molar-refractivity contribution in [2.24, 2.45) is 5.92 Å². The number of ketones is 1. The average molecular weight is 298 g/mol. The van der Waals surface area contributed by atoms with Crippen LogP contribution in [0.1, 0.15) is 41.6 Å². The van der Waals surface area contributed by atoms with Gasteiger partial charge in [-0.3, -0.25) is 4.79 Å². The number of thioether (sulfide) groups is 1. The molecule has 2 fully saturated rings. The summed E-state index contributed by atoms with van der Waals surface area (Å²) in [4.78, 5) is 16.9. The SMILES string of the molecule is N#Cc1cnn2cc(C(=O)C3CC4CCC(C3)S4)cnc12. The van der Waals surface area contributed by atoms with Crippen LogP contribution in [0.3, 0.4) is 0 Å². The third kappa shape index (κ3) is 2.12. The van der Waals surface area contributed by atoms with Gasteiger partial charge in [-0.15, -0.1) is 0 Å². The molecule has 2 aliphatic rings. The van der Waals surface area contributed by atoms with E-state index < -0.39 is 0 Å². The lowest BCUT2D eigenvalue weighted by molar-refractivity contribution is 0.0906. The summed E-state index contributed by atoms with van der Waals surface area (Å²) in [5, 5.41) is 14.4. The number of fused-ring (bicyclic) bond motifs is 3. The van der Waals surface area contributed by atoms with Crippen LogP contribution in [0, 0.1) is 17.2 Å². The molecule has 0 aromatic carbocycles. The van der Waals surface area contributed by atoms with Crippen LogP contribution in [0.5, 0.6) is 0 Å². The van der Waals surface area contributed by atoms with Gasteiger partial charge in [0.25, 0.3) is 0 Å². The first kappa shape index (κ1) is 12.8. The van der Waals surface area contributed by atoms with Crippen LogP contribution in [0.2, 0.25) is 0 Å². The Hall–Kier alpha value is -1.87. The standard InChI is InChI=1S/C15H14N4OS/c16-5-10-7-18-19-8-11(6-17-15(10)19)14(20)9-3-12-1-2-13(4-9)21-12/h6-9,12-13H,1-4H2. The molecule has 21 heavy (non-hydrogen) atoms. The van der Waals surface area contributed by atoms with Crippen LogP contribution in [0.15, 0.2) is 18.6 Å². The molecule has 2 atom stereocenters. The van der Waals surface area contributed by atoms with Crippen molar-refractivity contribution in [2.75, 3.05) is 0 Å². The van der Waals surface area contributed by atoms with Gasteiger partial charge in [0.1, 0.15) is 11.6 Å². The van der Waals surface area contributed by atoms with Gasteiger partial charge >= 0.3 is 0 Å². The molecule has 0 spiro atoms. The molecular weight excluding hydrogens is 284 g/mol. The van der Waals surface area contributed by atoms with Crippen molar-refractivity contribution in [3.8, 4) is 6.07 Å². The number of aromatic nitrogens is 3. The molecule has 5 nitrogen and oxygen atoms in total. The summed E-state index contributed by atoms with van der Waals surface area (Å²) in [5.41, 5.74) is 1.54. The number of hydrogen-bond donors (Lipinski definition) is 0. The molecule has 2 bridgehead atoms. The molecule has 0 N–H and O–H groups in total. The second-order valence-electron chi connectivity index (χ2n) is 5.77. The van der Waals surface area contributed by atoms with Crippen LogP contribution < -0.4 is 0 Å². The van der Waals surface area contributed by atoms with Gasteiger partial charge < -0.3 is 0 Å². The summed E-state index contributed by atoms with van der Waals surface area (Å²) in [6, 6.07) is 2.05. The van der Waals surface area contributed by atoms with Gasteiger partial charge in [-0.25, -0.2) is 9.50 Å². The van der Waals surface area contributed by atoms with Crippen molar-refractivity contribution in [1.82, 2.24) is 14.6 Å². The van der Waals surface area contributed by atoms with E-state index in [4.69, 9.17) is 5.26 Å². The number of Topliss-reactive ketones (excluding diaryl/α,β-unsaturated/α-hetero) is 1. The Morgan fingerprint density at radius 2 is 2.10 bits per heavy atom. The van der Waals surface area contributed by atoms with Gasteiger partial charge in [0.15, 0.2) is 11.4 Å². The minimum atomic E-state index is 0.119. The summed E-state index contributed by atoms with van der Waals surface area (Å²) < 4.78 is 1.53. The molecule has 4 rings (SSSR count). The van der Waals surface area contributed by atoms with E-state index in [9.17, 15) is 4.79 Å². The molecule has 4 heterocycles. The highest BCUT2D eigenvalue weighted by atomic mass is 32.2. The van der Waals surface area contributed by atoms with E-state index in [1.165, 1.54) is 23.6 Å². The summed E-state index contributed by atoms with van der Waals surface area (Å²) >= 11 is 2.06. The van der Waals surface area contributed by atoms with Gasteiger partial charge in [-0.05, 0) is 25.7 Å². The number of rotatable bonds is 2. The fourth-order valence-electron chi connectivity index (χ4n) is 3.39. The smallest absolute Gasteiger partial charge is 0.172 e. The van der Waals surface area contributed by atoms with Gasteiger partial charge in [-0.1, -0.05) is 0 Å². The van der Waals surface area contributed by atoms with Crippen molar-refractivity contribution in [2.45, 2.75) is 36.2 Å². The number of nitriles is 1. The molecule has 106 valence electrons. The van der Waals surface area contributed by atoms with Crippen molar-refractivity contribution >= 4 is 23.2 Å². The van der Waals surface area contributed by atoms with Crippen LogP contribution in [-0.2, 0) is 0 Å². The number of carbonyl (C=O) groups is 1. The third-order valence-corrected chi connectivity index (χ3v) is 6.05. The quantitative estimate of drug-likeness (QED) is 0.796. The number of nitrogens with zero attached hydrogens (tertiary/aromatic N) is 4. The molecule has 2 aromatic heterocycles. The predicted octanol–water partition coefficient (Wildman–Crippen LogP) is 2.46. The molecule has 2 aromatic rings. The maximum atomic E-state index is 12.7. The van der Waals surface area contributed by atoms with Crippen molar-refractivity contribution in [3.05, 3.63) is 29.7 Å². The van der Waals surface area contributed by atoms with E-state index in [0.717, 1.165) is 12.8 Å². The first-order chi connectivity index (χ1) is 10.2. The number of hydrogen-bond acceptors (Lipinski definition) is 5.